The second kappa shape index (κ2) is 21.4. The van der Waals surface area contributed by atoms with Crippen molar-refractivity contribution in [2.24, 2.45) is 0 Å². The quantitative estimate of drug-likeness (QED) is 0.104. The van der Waals surface area contributed by atoms with Crippen molar-refractivity contribution in [1.29, 1.82) is 0 Å². The number of ketones is 1. The fourth-order valence-corrected chi connectivity index (χ4v) is 5.13. The van der Waals surface area contributed by atoms with E-state index >= 15 is 0 Å². The summed E-state index contributed by atoms with van der Waals surface area (Å²) >= 11 is 5.98. The first-order valence-corrected chi connectivity index (χ1v) is 16.5. The fraction of sp³-hybridized carbons (Fsp3) is 0.211. The largest absolute Gasteiger partial charge is 0.478 e. The van der Waals surface area contributed by atoms with E-state index < -0.39 is 23.9 Å². The van der Waals surface area contributed by atoms with Gasteiger partial charge in [-0.2, -0.15) is 0 Å². The number of hydrogen-bond acceptors (Lipinski definition) is 8. The summed E-state index contributed by atoms with van der Waals surface area (Å²) in [6, 6.07) is 25.8. The molecule has 13 nitrogen and oxygen atoms in total. The summed E-state index contributed by atoms with van der Waals surface area (Å²) < 4.78 is 2.22. The van der Waals surface area contributed by atoms with Crippen molar-refractivity contribution in [3.05, 3.63) is 131 Å². The van der Waals surface area contributed by atoms with Gasteiger partial charge in [-0.25, -0.2) is 24.2 Å². The van der Waals surface area contributed by atoms with Gasteiger partial charge in [-0.15, -0.1) is 0 Å². The Balaban J connectivity index is 0.000000380. The predicted molar refractivity (Wildman–Crippen MR) is 196 cm³/mol. The standard InChI is InChI=1S/C30H31ClN4O.2C4H4O4/c31-26-14-12-25(13-15-26)29(36)16-18-35-28-11-5-4-10-27(28)32-30(35)23-34-21-19-33(20-22-34)17-6-9-24-7-2-1-3-8-24;2*5-3(6)1-2-4(7)8/h1-15H,16-23H2;2*1-2H,(H,5,6)(H,7,8)/b9-6-;2*2-1+. The number of piperazine rings is 1. The number of benzene rings is 3. The number of hydrogen-bond donors (Lipinski definition) is 4. The number of fused-ring (bicyclic) bond motifs is 1. The van der Waals surface area contributed by atoms with Crippen molar-refractivity contribution in [2.75, 3.05) is 32.7 Å². The number of para-hydroxylation sites is 2. The minimum atomic E-state index is -1.26. The molecule has 3 aromatic carbocycles. The number of nitrogens with zero attached hydrogens (tertiary/aromatic N) is 4. The molecule has 1 aromatic heterocycles. The molecule has 1 fully saturated rings. The Kier molecular flexibility index (Phi) is 16.6. The molecule has 0 saturated carbocycles. The lowest BCUT2D eigenvalue weighted by Gasteiger charge is -2.34. The third-order valence-electron chi connectivity index (χ3n) is 7.50. The van der Waals surface area contributed by atoms with Crippen LogP contribution in [0.4, 0.5) is 0 Å². The van der Waals surface area contributed by atoms with Gasteiger partial charge in [-0.3, -0.25) is 14.6 Å². The van der Waals surface area contributed by atoms with Gasteiger partial charge in [-0.1, -0.05) is 66.2 Å². The van der Waals surface area contributed by atoms with E-state index in [4.69, 9.17) is 37.0 Å². The summed E-state index contributed by atoms with van der Waals surface area (Å²) in [4.78, 5) is 60.9. The normalized spacial score (nSPS) is 13.4. The highest BCUT2D eigenvalue weighted by Gasteiger charge is 2.20. The molecule has 14 heteroatoms. The Morgan fingerprint density at radius 3 is 1.75 bits per heavy atom. The number of carbonyl (C=O) groups excluding carboxylic acids is 1. The van der Waals surface area contributed by atoms with Crippen LogP contribution in [0.25, 0.3) is 17.1 Å². The number of carboxylic acid groups (broad SMARTS) is 4. The van der Waals surface area contributed by atoms with E-state index in [-0.39, 0.29) is 5.78 Å². The van der Waals surface area contributed by atoms with Gasteiger partial charge in [0.25, 0.3) is 0 Å². The predicted octanol–water partition coefficient (Wildman–Crippen LogP) is 5.22. The van der Waals surface area contributed by atoms with E-state index in [1.807, 2.05) is 24.3 Å². The van der Waals surface area contributed by atoms with Crippen molar-refractivity contribution in [1.82, 2.24) is 19.4 Å². The minimum absolute atomic E-state index is 0.118. The molecule has 4 N–H and O–H groups in total. The van der Waals surface area contributed by atoms with Crippen LogP contribution in [0, 0.1) is 0 Å². The molecule has 0 amide bonds. The molecule has 0 unspecified atom stereocenters. The van der Waals surface area contributed by atoms with Crippen LogP contribution in [-0.4, -0.2) is 102 Å². The number of aromatic nitrogens is 2. The zero-order valence-electron chi connectivity index (χ0n) is 28.1. The van der Waals surface area contributed by atoms with Gasteiger partial charge in [0.2, 0.25) is 0 Å². The third-order valence-corrected chi connectivity index (χ3v) is 7.75. The topological polar surface area (TPSA) is 191 Å². The van der Waals surface area contributed by atoms with Crippen LogP contribution < -0.4 is 0 Å². The lowest BCUT2D eigenvalue weighted by Crippen LogP contribution is -2.46. The zero-order valence-corrected chi connectivity index (χ0v) is 28.9. The molecule has 0 bridgehead atoms. The summed E-state index contributed by atoms with van der Waals surface area (Å²) in [6.45, 7) is 6.45. The molecule has 272 valence electrons. The number of carboxylic acids is 4. The van der Waals surface area contributed by atoms with Crippen LogP contribution in [0.3, 0.4) is 0 Å². The molecule has 1 saturated heterocycles. The van der Waals surface area contributed by atoms with Gasteiger partial charge >= 0.3 is 23.9 Å². The monoisotopic (exact) mass is 730 g/mol. The summed E-state index contributed by atoms with van der Waals surface area (Å²) in [5.41, 5.74) is 4.00. The van der Waals surface area contributed by atoms with Crippen molar-refractivity contribution in [3.8, 4) is 0 Å². The maximum Gasteiger partial charge on any atom is 0.328 e. The van der Waals surface area contributed by atoms with Crippen LogP contribution in [0.2, 0.25) is 5.02 Å². The number of carbonyl (C=O) groups is 5. The molecule has 0 spiro atoms. The maximum absolute atomic E-state index is 12.8. The Morgan fingerprint density at radius 2 is 1.19 bits per heavy atom. The average molecular weight is 731 g/mol. The van der Waals surface area contributed by atoms with E-state index in [2.05, 4.69) is 56.9 Å². The van der Waals surface area contributed by atoms with E-state index in [1.165, 1.54) is 5.56 Å². The molecule has 0 radical (unpaired) electrons. The second-order valence-electron chi connectivity index (χ2n) is 11.3. The van der Waals surface area contributed by atoms with Crippen LogP contribution in [-0.2, 0) is 32.3 Å². The summed E-state index contributed by atoms with van der Waals surface area (Å²) in [6.07, 6.45) is 7.11. The number of aliphatic carboxylic acids is 4. The third kappa shape index (κ3) is 14.9. The number of rotatable bonds is 13. The highest BCUT2D eigenvalue weighted by molar-refractivity contribution is 6.30. The van der Waals surface area contributed by atoms with Gasteiger partial charge in [0.1, 0.15) is 5.82 Å². The molecule has 2 heterocycles. The lowest BCUT2D eigenvalue weighted by molar-refractivity contribution is -0.134. The van der Waals surface area contributed by atoms with Crippen LogP contribution in [0.1, 0.15) is 28.2 Å². The molecular formula is C38H39ClN4O9. The van der Waals surface area contributed by atoms with Crippen LogP contribution in [0.15, 0.2) is 109 Å². The van der Waals surface area contributed by atoms with E-state index in [1.54, 1.807) is 24.3 Å². The number of halogens is 1. The molecule has 5 rings (SSSR count). The Hall–Kier alpha value is -5.89. The van der Waals surface area contributed by atoms with E-state index in [0.29, 0.717) is 47.9 Å². The highest BCUT2D eigenvalue weighted by atomic mass is 35.5. The van der Waals surface area contributed by atoms with Gasteiger partial charge in [0.15, 0.2) is 5.78 Å². The van der Waals surface area contributed by atoms with Crippen LogP contribution >= 0.6 is 11.6 Å². The minimum Gasteiger partial charge on any atom is -0.478 e. The maximum atomic E-state index is 12.8. The first-order valence-electron chi connectivity index (χ1n) is 16.1. The fourth-order valence-electron chi connectivity index (χ4n) is 5.01. The Morgan fingerprint density at radius 1 is 0.673 bits per heavy atom. The van der Waals surface area contributed by atoms with Crippen LogP contribution in [0.5, 0.6) is 0 Å². The molecule has 1 aliphatic heterocycles. The van der Waals surface area contributed by atoms with Crippen molar-refractivity contribution in [3.63, 3.8) is 0 Å². The van der Waals surface area contributed by atoms with E-state index in [0.717, 1.165) is 56.1 Å². The molecule has 52 heavy (non-hydrogen) atoms. The first-order chi connectivity index (χ1) is 24.9. The Labute approximate surface area is 305 Å². The summed E-state index contributed by atoms with van der Waals surface area (Å²) in [5.74, 6) is -3.88. The molecule has 0 aliphatic carbocycles. The second-order valence-corrected chi connectivity index (χ2v) is 11.7. The average Bonchev–Trinajstić information content (AvgIpc) is 3.47. The van der Waals surface area contributed by atoms with Gasteiger partial charge < -0.3 is 25.0 Å². The van der Waals surface area contributed by atoms with Crippen molar-refractivity contribution in [2.45, 2.75) is 19.5 Å². The molecule has 4 aromatic rings. The number of aryl methyl sites for hydroxylation is 1. The SMILES string of the molecule is O=C(CCn1c(CN2CCN(C/C=C\c3ccccc3)CC2)nc2ccccc21)c1ccc(Cl)cc1.O=C(O)/C=C/C(=O)O.O=C(O)/C=C/C(=O)O. The molecule has 1 aliphatic rings. The van der Waals surface area contributed by atoms with Gasteiger partial charge in [0, 0.05) is 80.6 Å². The smallest absolute Gasteiger partial charge is 0.328 e. The zero-order chi connectivity index (χ0) is 37.9. The van der Waals surface area contributed by atoms with E-state index in [9.17, 15) is 24.0 Å². The Bertz CT molecular complexity index is 1830. The van der Waals surface area contributed by atoms with Gasteiger partial charge in [0.05, 0.1) is 17.6 Å². The highest BCUT2D eigenvalue weighted by Crippen LogP contribution is 2.20. The number of imidazole rings is 1. The van der Waals surface area contributed by atoms with Crippen molar-refractivity contribution >= 4 is 58.4 Å². The molecular weight excluding hydrogens is 692 g/mol. The summed E-state index contributed by atoms with van der Waals surface area (Å²) in [5, 5.41) is 31.9. The first kappa shape index (κ1) is 40.5. The molecule has 0 atom stereocenters. The van der Waals surface area contributed by atoms with Gasteiger partial charge in [-0.05, 0) is 42.0 Å². The lowest BCUT2D eigenvalue weighted by atomic mass is 10.1. The van der Waals surface area contributed by atoms with Crippen molar-refractivity contribution < 1.29 is 44.4 Å². The summed E-state index contributed by atoms with van der Waals surface area (Å²) in [7, 11) is 0. The number of Topliss-reactive ketones (excluding diaryl/α,β-unsaturated/α-hetero) is 1.